The highest BCUT2D eigenvalue weighted by Gasteiger charge is 2.24. The van der Waals surface area contributed by atoms with Gasteiger partial charge in [0.15, 0.2) is 0 Å². The fourth-order valence-corrected chi connectivity index (χ4v) is 2.72. The topological polar surface area (TPSA) is 29.9 Å². The fraction of sp³-hybridized carbons (Fsp3) is 0.769. The van der Waals surface area contributed by atoms with Crippen LogP contribution in [0.5, 0.6) is 0 Å². The van der Waals surface area contributed by atoms with Gasteiger partial charge in [-0.3, -0.25) is 0 Å². The first-order chi connectivity index (χ1) is 7.93. The van der Waals surface area contributed by atoms with Gasteiger partial charge >= 0.3 is 0 Å². The second-order valence-corrected chi connectivity index (χ2v) is 5.29. The zero-order valence-corrected chi connectivity index (χ0v) is 9.86. The summed E-state index contributed by atoms with van der Waals surface area (Å²) >= 11 is 0. The van der Waals surface area contributed by atoms with Crippen LogP contribution < -0.4 is 5.32 Å². The quantitative estimate of drug-likeness (QED) is 0.844. The van der Waals surface area contributed by atoms with Crippen molar-refractivity contribution in [3.05, 3.63) is 18.2 Å². The van der Waals surface area contributed by atoms with Gasteiger partial charge in [-0.2, -0.15) is 0 Å². The standard InChI is InChI=1S/C13H21N3/c1-2-12(5-7-14-6-1)13-8-15-10-16(13)9-11-3-4-11/h8,10-12,14H,1-7,9H2. The minimum Gasteiger partial charge on any atom is -0.334 e. The Hall–Kier alpha value is -0.830. The molecule has 2 fully saturated rings. The SMILES string of the molecule is c1ncn(CC2CC2)c1C1CCCNCC1. The van der Waals surface area contributed by atoms with E-state index in [-0.39, 0.29) is 0 Å². The van der Waals surface area contributed by atoms with Gasteiger partial charge in [-0.25, -0.2) is 4.98 Å². The van der Waals surface area contributed by atoms with E-state index in [0.29, 0.717) is 0 Å². The van der Waals surface area contributed by atoms with E-state index in [1.807, 2.05) is 6.33 Å². The molecule has 0 radical (unpaired) electrons. The lowest BCUT2D eigenvalue weighted by Crippen LogP contribution is -2.14. The highest BCUT2D eigenvalue weighted by atomic mass is 15.1. The molecule has 0 amide bonds. The van der Waals surface area contributed by atoms with Crippen LogP contribution in [0, 0.1) is 5.92 Å². The summed E-state index contributed by atoms with van der Waals surface area (Å²) in [6, 6.07) is 0. The van der Waals surface area contributed by atoms with Crippen LogP contribution >= 0.6 is 0 Å². The Labute approximate surface area is 97.3 Å². The highest BCUT2D eigenvalue weighted by Crippen LogP contribution is 2.33. The molecule has 1 N–H and O–H groups in total. The molecule has 1 saturated heterocycles. The number of aromatic nitrogens is 2. The van der Waals surface area contributed by atoms with Crippen molar-refractivity contribution in [2.24, 2.45) is 5.92 Å². The number of imidazole rings is 1. The summed E-state index contributed by atoms with van der Waals surface area (Å²) in [6.45, 7) is 3.56. The first kappa shape index (κ1) is 10.3. The van der Waals surface area contributed by atoms with Gasteiger partial charge in [0.25, 0.3) is 0 Å². The molecule has 2 aliphatic rings. The average Bonchev–Trinajstić information content (AvgIpc) is 3.04. The number of nitrogens with zero attached hydrogens (tertiary/aromatic N) is 2. The van der Waals surface area contributed by atoms with Crippen molar-refractivity contribution in [3.8, 4) is 0 Å². The molecular formula is C13H21N3. The predicted octanol–water partition coefficient (Wildman–Crippen LogP) is 2.15. The van der Waals surface area contributed by atoms with E-state index in [9.17, 15) is 0 Å². The number of hydrogen-bond acceptors (Lipinski definition) is 2. The molecule has 0 aromatic carbocycles. The van der Waals surface area contributed by atoms with E-state index in [0.717, 1.165) is 11.8 Å². The third kappa shape index (κ3) is 2.29. The van der Waals surface area contributed by atoms with Crippen molar-refractivity contribution in [3.63, 3.8) is 0 Å². The summed E-state index contributed by atoms with van der Waals surface area (Å²) in [7, 11) is 0. The number of hydrogen-bond donors (Lipinski definition) is 1. The highest BCUT2D eigenvalue weighted by molar-refractivity contribution is 5.07. The molecule has 88 valence electrons. The first-order valence-electron chi connectivity index (χ1n) is 6.64. The van der Waals surface area contributed by atoms with E-state index in [2.05, 4.69) is 21.1 Å². The van der Waals surface area contributed by atoms with Gasteiger partial charge in [0, 0.05) is 24.4 Å². The summed E-state index contributed by atoms with van der Waals surface area (Å²) in [4.78, 5) is 4.35. The molecule has 0 spiro atoms. The zero-order valence-electron chi connectivity index (χ0n) is 9.86. The normalized spacial score (nSPS) is 26.6. The summed E-state index contributed by atoms with van der Waals surface area (Å²) in [5.41, 5.74) is 1.48. The van der Waals surface area contributed by atoms with Crippen LogP contribution in [0.4, 0.5) is 0 Å². The Bertz CT molecular complexity index is 333. The van der Waals surface area contributed by atoms with Gasteiger partial charge in [0.05, 0.1) is 6.33 Å². The predicted molar refractivity (Wildman–Crippen MR) is 64.4 cm³/mol. The van der Waals surface area contributed by atoms with E-state index in [1.165, 1.54) is 57.4 Å². The summed E-state index contributed by atoms with van der Waals surface area (Å²) in [5, 5.41) is 3.48. The molecule has 3 heteroatoms. The van der Waals surface area contributed by atoms with Gasteiger partial charge in [0.2, 0.25) is 0 Å². The lowest BCUT2D eigenvalue weighted by atomic mass is 9.97. The maximum Gasteiger partial charge on any atom is 0.0948 e. The molecule has 1 aliphatic heterocycles. The summed E-state index contributed by atoms with van der Waals surface area (Å²) in [6.07, 6.45) is 10.9. The Morgan fingerprint density at radius 2 is 2.19 bits per heavy atom. The smallest absolute Gasteiger partial charge is 0.0948 e. The van der Waals surface area contributed by atoms with Crippen LogP contribution in [0.1, 0.15) is 43.7 Å². The number of nitrogens with one attached hydrogen (secondary N) is 1. The fourth-order valence-electron chi connectivity index (χ4n) is 2.72. The van der Waals surface area contributed by atoms with Crippen LogP contribution in [0.3, 0.4) is 0 Å². The van der Waals surface area contributed by atoms with Gasteiger partial charge in [-0.1, -0.05) is 0 Å². The Morgan fingerprint density at radius 1 is 1.25 bits per heavy atom. The molecule has 0 bridgehead atoms. The van der Waals surface area contributed by atoms with Crippen molar-refractivity contribution in [2.75, 3.05) is 13.1 Å². The van der Waals surface area contributed by atoms with E-state index >= 15 is 0 Å². The van der Waals surface area contributed by atoms with Crippen LogP contribution in [0.2, 0.25) is 0 Å². The van der Waals surface area contributed by atoms with Crippen molar-refractivity contribution in [1.82, 2.24) is 14.9 Å². The summed E-state index contributed by atoms with van der Waals surface area (Å²) < 4.78 is 2.41. The van der Waals surface area contributed by atoms with E-state index in [4.69, 9.17) is 0 Å². The number of rotatable bonds is 3. The van der Waals surface area contributed by atoms with Gasteiger partial charge in [-0.15, -0.1) is 0 Å². The monoisotopic (exact) mass is 219 g/mol. The second-order valence-electron chi connectivity index (χ2n) is 5.29. The molecular weight excluding hydrogens is 198 g/mol. The molecule has 1 aliphatic carbocycles. The zero-order chi connectivity index (χ0) is 10.8. The molecule has 1 atom stereocenters. The largest absolute Gasteiger partial charge is 0.334 e. The van der Waals surface area contributed by atoms with Crippen LogP contribution in [0.15, 0.2) is 12.5 Å². The van der Waals surface area contributed by atoms with Crippen molar-refractivity contribution in [1.29, 1.82) is 0 Å². The molecule has 1 aromatic heterocycles. The minimum atomic E-state index is 0.733. The Morgan fingerprint density at radius 3 is 3.06 bits per heavy atom. The maximum atomic E-state index is 4.35. The van der Waals surface area contributed by atoms with Crippen molar-refractivity contribution < 1.29 is 0 Å². The lowest BCUT2D eigenvalue weighted by Gasteiger charge is -2.16. The first-order valence-corrected chi connectivity index (χ1v) is 6.64. The second kappa shape index (κ2) is 4.58. The third-order valence-electron chi connectivity index (χ3n) is 3.89. The van der Waals surface area contributed by atoms with Crippen LogP contribution in [-0.2, 0) is 6.54 Å². The molecule has 1 aromatic rings. The van der Waals surface area contributed by atoms with Crippen molar-refractivity contribution in [2.45, 2.75) is 44.6 Å². The summed E-state index contributed by atoms with van der Waals surface area (Å²) in [5.74, 6) is 1.67. The van der Waals surface area contributed by atoms with Crippen LogP contribution in [-0.4, -0.2) is 22.6 Å². The Balaban J connectivity index is 1.72. The molecule has 2 heterocycles. The van der Waals surface area contributed by atoms with Crippen molar-refractivity contribution >= 4 is 0 Å². The minimum absolute atomic E-state index is 0.733. The van der Waals surface area contributed by atoms with Gasteiger partial charge < -0.3 is 9.88 Å². The van der Waals surface area contributed by atoms with Crippen LogP contribution in [0.25, 0.3) is 0 Å². The average molecular weight is 219 g/mol. The molecule has 1 saturated carbocycles. The van der Waals surface area contributed by atoms with Gasteiger partial charge in [0.1, 0.15) is 0 Å². The Kier molecular flexibility index (Phi) is 2.96. The molecule has 3 rings (SSSR count). The van der Waals surface area contributed by atoms with E-state index < -0.39 is 0 Å². The van der Waals surface area contributed by atoms with Gasteiger partial charge in [-0.05, 0) is 51.1 Å². The maximum absolute atomic E-state index is 4.35. The van der Waals surface area contributed by atoms with E-state index in [1.54, 1.807) is 0 Å². The molecule has 16 heavy (non-hydrogen) atoms. The molecule has 1 unspecified atom stereocenters. The molecule has 3 nitrogen and oxygen atoms in total. The third-order valence-corrected chi connectivity index (χ3v) is 3.89. The lowest BCUT2D eigenvalue weighted by molar-refractivity contribution is 0.527.